The van der Waals surface area contributed by atoms with Gasteiger partial charge in [-0.15, -0.1) is 0 Å². The summed E-state index contributed by atoms with van der Waals surface area (Å²) in [6.07, 6.45) is -0.311. The van der Waals surface area contributed by atoms with Gasteiger partial charge >= 0.3 is 0 Å². The van der Waals surface area contributed by atoms with Crippen LogP contribution in [0.5, 0.6) is 0 Å². The van der Waals surface area contributed by atoms with E-state index in [1.807, 2.05) is 4.57 Å². The van der Waals surface area contributed by atoms with Crippen molar-refractivity contribution in [2.45, 2.75) is 24.9 Å². The van der Waals surface area contributed by atoms with Crippen molar-refractivity contribution in [2.24, 2.45) is 0 Å². The zero-order chi connectivity index (χ0) is 23.0. The number of hydrogen-bond donors (Lipinski definition) is 3. The highest BCUT2D eigenvalue weighted by molar-refractivity contribution is 6.25. The highest BCUT2D eigenvalue weighted by Gasteiger charge is 2.37. The topological polar surface area (TPSA) is 119 Å². The molecule has 6 aromatic rings. The average Bonchev–Trinajstić information content (AvgIpc) is 3.43. The van der Waals surface area contributed by atoms with E-state index in [0.29, 0.717) is 23.4 Å². The molecule has 0 unspecified atom stereocenters. The quantitative estimate of drug-likeness (QED) is 0.352. The van der Waals surface area contributed by atoms with Gasteiger partial charge in [-0.05, 0) is 32.3 Å². The minimum Gasteiger partial charge on any atom is -0.394 e. The fourth-order valence-corrected chi connectivity index (χ4v) is 5.36. The standard InChI is InChI=1S/C26H21N5O3/c27-24-23-26(29-12-28-24)31(20-10-18(33)19(11-32)34-20)25(30-23)17-9-7-15-5-4-13-2-1-3-14-6-8-16(17)22(15)21(13)14/h1-9,12,18-20,32-33H,10-11H2,(H2,27,28,29)/t18-,19+,20+/m0/s1. The van der Waals surface area contributed by atoms with Crippen LogP contribution in [0.4, 0.5) is 5.82 Å². The number of nitrogens with zero attached hydrogens (tertiary/aromatic N) is 4. The van der Waals surface area contributed by atoms with Crippen molar-refractivity contribution in [3.05, 3.63) is 60.9 Å². The molecule has 34 heavy (non-hydrogen) atoms. The van der Waals surface area contributed by atoms with Crippen molar-refractivity contribution in [2.75, 3.05) is 12.3 Å². The zero-order valence-electron chi connectivity index (χ0n) is 18.1. The molecule has 3 atom stereocenters. The summed E-state index contributed by atoms with van der Waals surface area (Å²) in [7, 11) is 0. The first kappa shape index (κ1) is 19.6. The molecular formula is C26H21N5O3. The Kier molecular flexibility index (Phi) is 4.08. The molecule has 0 aliphatic carbocycles. The highest BCUT2D eigenvalue weighted by atomic mass is 16.5. The number of anilines is 1. The van der Waals surface area contributed by atoms with Crippen LogP contribution in [-0.4, -0.2) is 48.5 Å². The fraction of sp³-hybridized carbons (Fsp3) is 0.192. The second-order valence-electron chi connectivity index (χ2n) is 8.82. The van der Waals surface area contributed by atoms with Crippen LogP contribution in [0.1, 0.15) is 12.6 Å². The molecule has 3 heterocycles. The Balaban J connectivity index is 1.56. The molecule has 8 nitrogen and oxygen atoms in total. The summed E-state index contributed by atoms with van der Waals surface area (Å²) in [5.74, 6) is 0.913. The van der Waals surface area contributed by atoms with E-state index >= 15 is 0 Å². The van der Waals surface area contributed by atoms with Crippen LogP contribution in [0.3, 0.4) is 0 Å². The molecule has 0 radical (unpaired) electrons. The second kappa shape index (κ2) is 7.07. The zero-order valence-corrected chi connectivity index (χ0v) is 18.1. The van der Waals surface area contributed by atoms with Gasteiger partial charge in [0.1, 0.15) is 24.5 Å². The molecule has 0 bridgehead atoms. The van der Waals surface area contributed by atoms with E-state index in [4.69, 9.17) is 15.5 Å². The Morgan fingerprint density at radius 1 is 0.971 bits per heavy atom. The second-order valence-corrected chi connectivity index (χ2v) is 8.82. The van der Waals surface area contributed by atoms with E-state index in [2.05, 4.69) is 64.6 Å². The Labute approximate surface area is 193 Å². The van der Waals surface area contributed by atoms with E-state index in [-0.39, 0.29) is 12.4 Å². The number of aliphatic hydroxyl groups excluding tert-OH is 2. The number of ether oxygens (including phenoxy) is 1. The Morgan fingerprint density at radius 3 is 2.47 bits per heavy atom. The summed E-state index contributed by atoms with van der Waals surface area (Å²) in [4.78, 5) is 13.4. The molecule has 1 aliphatic rings. The molecule has 0 amide bonds. The van der Waals surface area contributed by atoms with Gasteiger partial charge in [-0.1, -0.05) is 54.6 Å². The maximum Gasteiger partial charge on any atom is 0.168 e. The lowest BCUT2D eigenvalue weighted by Crippen LogP contribution is -2.24. The summed E-state index contributed by atoms with van der Waals surface area (Å²) in [6.45, 7) is -0.268. The Bertz CT molecular complexity index is 1700. The first-order chi connectivity index (χ1) is 16.6. The van der Waals surface area contributed by atoms with Gasteiger partial charge in [0.15, 0.2) is 17.0 Å². The lowest BCUT2D eigenvalue weighted by molar-refractivity contribution is -0.0426. The number of rotatable bonds is 3. The molecule has 0 saturated carbocycles. The largest absolute Gasteiger partial charge is 0.394 e. The first-order valence-electron chi connectivity index (χ1n) is 11.2. The van der Waals surface area contributed by atoms with E-state index in [0.717, 1.165) is 16.3 Å². The number of hydrogen-bond acceptors (Lipinski definition) is 7. The van der Waals surface area contributed by atoms with E-state index < -0.39 is 18.4 Å². The van der Waals surface area contributed by atoms with Gasteiger partial charge in [-0.25, -0.2) is 15.0 Å². The Hall–Kier alpha value is -3.85. The molecule has 1 aliphatic heterocycles. The summed E-state index contributed by atoms with van der Waals surface area (Å²) >= 11 is 0. The van der Waals surface area contributed by atoms with Crippen LogP contribution in [0.25, 0.3) is 54.9 Å². The molecule has 4 aromatic carbocycles. The first-order valence-corrected chi connectivity index (χ1v) is 11.2. The molecule has 2 aromatic heterocycles. The van der Waals surface area contributed by atoms with Crippen molar-refractivity contribution in [1.82, 2.24) is 19.5 Å². The van der Waals surface area contributed by atoms with Crippen LogP contribution in [0.2, 0.25) is 0 Å². The van der Waals surface area contributed by atoms with Crippen LogP contribution >= 0.6 is 0 Å². The van der Waals surface area contributed by atoms with E-state index in [1.165, 1.54) is 27.9 Å². The summed E-state index contributed by atoms with van der Waals surface area (Å²) < 4.78 is 7.90. The average molecular weight is 451 g/mol. The summed E-state index contributed by atoms with van der Waals surface area (Å²) in [5, 5.41) is 27.0. The van der Waals surface area contributed by atoms with Crippen LogP contribution in [0.15, 0.2) is 60.9 Å². The lowest BCUT2D eigenvalue weighted by Gasteiger charge is -2.18. The van der Waals surface area contributed by atoms with E-state index in [9.17, 15) is 10.2 Å². The third-order valence-corrected chi connectivity index (χ3v) is 6.95. The van der Waals surface area contributed by atoms with Crippen molar-refractivity contribution >= 4 is 49.3 Å². The van der Waals surface area contributed by atoms with Crippen molar-refractivity contribution < 1.29 is 14.9 Å². The molecule has 7 rings (SSSR count). The molecule has 8 heteroatoms. The molecule has 4 N–H and O–H groups in total. The van der Waals surface area contributed by atoms with Crippen LogP contribution in [0, 0.1) is 0 Å². The monoisotopic (exact) mass is 451 g/mol. The minimum atomic E-state index is -0.791. The summed E-state index contributed by atoms with van der Waals surface area (Å²) in [5.41, 5.74) is 8.09. The molecular weight excluding hydrogens is 430 g/mol. The predicted molar refractivity (Wildman–Crippen MR) is 130 cm³/mol. The van der Waals surface area contributed by atoms with Gasteiger partial charge < -0.3 is 20.7 Å². The van der Waals surface area contributed by atoms with Crippen LogP contribution < -0.4 is 5.73 Å². The number of nitrogen functional groups attached to an aromatic ring is 1. The van der Waals surface area contributed by atoms with Crippen molar-refractivity contribution in [3.63, 3.8) is 0 Å². The molecule has 0 spiro atoms. The van der Waals surface area contributed by atoms with Gasteiger partial charge in [0, 0.05) is 12.0 Å². The van der Waals surface area contributed by atoms with Gasteiger partial charge in [0.25, 0.3) is 0 Å². The Morgan fingerprint density at radius 2 is 1.71 bits per heavy atom. The molecule has 168 valence electrons. The maximum absolute atomic E-state index is 10.4. The third-order valence-electron chi connectivity index (χ3n) is 6.95. The number of aliphatic hydroxyl groups is 2. The smallest absolute Gasteiger partial charge is 0.168 e. The number of aromatic nitrogens is 4. The third kappa shape index (κ3) is 2.61. The molecule has 1 fully saturated rings. The minimum absolute atomic E-state index is 0.268. The SMILES string of the molecule is Nc1ncnc2c1nc(-c1ccc3ccc4cccc5ccc1c3c45)n2[C@H]1C[C@H](O)[C@@H](CO)O1. The molecule has 1 saturated heterocycles. The fourth-order valence-electron chi connectivity index (χ4n) is 5.36. The lowest BCUT2D eigenvalue weighted by atomic mass is 9.92. The predicted octanol–water partition coefficient (Wildman–Crippen LogP) is 3.61. The summed E-state index contributed by atoms with van der Waals surface area (Å²) in [6, 6.07) is 19.0. The normalized spacial score (nSPS) is 20.9. The van der Waals surface area contributed by atoms with Crippen molar-refractivity contribution in [1.29, 1.82) is 0 Å². The van der Waals surface area contributed by atoms with E-state index in [1.54, 1.807) is 0 Å². The van der Waals surface area contributed by atoms with Gasteiger partial charge in [-0.2, -0.15) is 0 Å². The number of imidazole rings is 1. The number of nitrogens with two attached hydrogens (primary N) is 1. The maximum atomic E-state index is 10.4. The van der Waals surface area contributed by atoms with Gasteiger partial charge in [0.05, 0.1) is 12.7 Å². The number of benzene rings is 4. The van der Waals surface area contributed by atoms with Gasteiger partial charge in [0.2, 0.25) is 0 Å². The highest BCUT2D eigenvalue weighted by Crippen LogP contribution is 2.42. The van der Waals surface area contributed by atoms with Crippen LogP contribution in [-0.2, 0) is 4.74 Å². The van der Waals surface area contributed by atoms with Crippen molar-refractivity contribution in [3.8, 4) is 11.4 Å². The van der Waals surface area contributed by atoms with Gasteiger partial charge in [-0.3, -0.25) is 4.57 Å². The number of fused-ring (bicyclic) bond motifs is 1.